The second kappa shape index (κ2) is 6.02. The van der Waals surface area contributed by atoms with Crippen LogP contribution in [0, 0.1) is 20.8 Å². The van der Waals surface area contributed by atoms with Crippen molar-refractivity contribution in [2.24, 2.45) is 0 Å². The molecular formula is C15H19N7O3S. The Morgan fingerprint density at radius 1 is 1.08 bits per heavy atom. The number of aromatic nitrogens is 5. The van der Waals surface area contributed by atoms with E-state index in [2.05, 4.69) is 20.3 Å². The summed E-state index contributed by atoms with van der Waals surface area (Å²) < 4.78 is 34.2. The van der Waals surface area contributed by atoms with Gasteiger partial charge in [-0.05, 0) is 20.8 Å². The van der Waals surface area contributed by atoms with Gasteiger partial charge in [0, 0.05) is 38.6 Å². The van der Waals surface area contributed by atoms with E-state index in [0.29, 0.717) is 49.1 Å². The lowest BCUT2D eigenvalue weighted by Gasteiger charge is -2.34. The molecule has 3 aromatic rings. The number of fused-ring (bicyclic) bond motifs is 1. The van der Waals surface area contributed by atoms with Crippen molar-refractivity contribution in [3.8, 4) is 0 Å². The summed E-state index contributed by atoms with van der Waals surface area (Å²) in [7, 11) is -3.63. The number of piperazine rings is 1. The minimum atomic E-state index is -3.63. The topological polar surface area (TPSA) is 110 Å². The zero-order chi connectivity index (χ0) is 18.5. The molecule has 0 radical (unpaired) electrons. The van der Waals surface area contributed by atoms with Crippen molar-refractivity contribution < 1.29 is 12.9 Å². The van der Waals surface area contributed by atoms with Crippen LogP contribution in [0.3, 0.4) is 0 Å². The fraction of sp³-hybridized carbons (Fsp3) is 0.467. The molecule has 0 amide bonds. The SMILES string of the molecule is Cc1noc(C)c1S(=O)(=O)N1CCN(c2nccn3c(C)nnc23)CC1. The van der Waals surface area contributed by atoms with Gasteiger partial charge >= 0.3 is 0 Å². The molecule has 4 heterocycles. The van der Waals surface area contributed by atoms with Crippen molar-refractivity contribution in [1.29, 1.82) is 0 Å². The Balaban J connectivity index is 1.58. The van der Waals surface area contributed by atoms with E-state index in [0.717, 1.165) is 5.82 Å². The van der Waals surface area contributed by atoms with Gasteiger partial charge in [0.25, 0.3) is 0 Å². The summed E-state index contributed by atoms with van der Waals surface area (Å²) in [6.07, 6.45) is 3.51. The lowest BCUT2D eigenvalue weighted by atomic mass is 10.3. The van der Waals surface area contributed by atoms with Gasteiger partial charge in [-0.25, -0.2) is 13.4 Å². The van der Waals surface area contributed by atoms with E-state index >= 15 is 0 Å². The normalized spacial score (nSPS) is 16.5. The van der Waals surface area contributed by atoms with Gasteiger partial charge in [-0.3, -0.25) is 4.40 Å². The molecule has 1 aliphatic rings. The second-order valence-electron chi connectivity index (χ2n) is 6.24. The molecule has 1 saturated heterocycles. The fourth-order valence-corrected chi connectivity index (χ4v) is 4.98. The summed E-state index contributed by atoms with van der Waals surface area (Å²) in [5, 5.41) is 12.0. The molecule has 0 spiro atoms. The van der Waals surface area contributed by atoms with E-state index in [-0.39, 0.29) is 4.90 Å². The summed E-state index contributed by atoms with van der Waals surface area (Å²) >= 11 is 0. The lowest BCUT2D eigenvalue weighted by Crippen LogP contribution is -2.49. The molecule has 1 fully saturated rings. The zero-order valence-corrected chi connectivity index (χ0v) is 15.6. The average Bonchev–Trinajstić information content (AvgIpc) is 3.18. The smallest absolute Gasteiger partial charge is 0.248 e. The molecular weight excluding hydrogens is 358 g/mol. The second-order valence-corrected chi connectivity index (χ2v) is 8.11. The lowest BCUT2D eigenvalue weighted by molar-refractivity contribution is 0.378. The molecule has 0 aliphatic carbocycles. The largest absolute Gasteiger partial charge is 0.360 e. The maximum absolute atomic E-state index is 12.9. The first-order valence-electron chi connectivity index (χ1n) is 8.24. The first kappa shape index (κ1) is 16.9. The van der Waals surface area contributed by atoms with E-state index in [9.17, 15) is 8.42 Å². The van der Waals surface area contributed by atoms with Crippen LogP contribution in [-0.2, 0) is 10.0 Å². The number of anilines is 1. The van der Waals surface area contributed by atoms with Gasteiger partial charge in [0.2, 0.25) is 15.7 Å². The van der Waals surface area contributed by atoms with Crippen molar-refractivity contribution >= 4 is 21.5 Å². The Labute approximate surface area is 150 Å². The highest BCUT2D eigenvalue weighted by Crippen LogP contribution is 2.26. The maximum Gasteiger partial charge on any atom is 0.248 e. The molecule has 0 aromatic carbocycles. The molecule has 0 N–H and O–H groups in total. The van der Waals surface area contributed by atoms with Crippen LogP contribution in [0.1, 0.15) is 17.3 Å². The van der Waals surface area contributed by atoms with Crippen molar-refractivity contribution in [1.82, 2.24) is 29.0 Å². The van der Waals surface area contributed by atoms with Crippen LogP contribution in [0.5, 0.6) is 0 Å². The fourth-order valence-electron chi connectivity index (χ4n) is 3.26. The van der Waals surface area contributed by atoms with Crippen LogP contribution < -0.4 is 4.90 Å². The third-order valence-electron chi connectivity index (χ3n) is 4.58. The molecule has 0 atom stereocenters. The standard InChI is InChI=1S/C15H19N7O3S/c1-10-13(11(2)25-19-10)26(23,24)21-8-6-20(7-9-21)14-15-18-17-12(3)22(15)5-4-16-14/h4-5H,6-9H2,1-3H3. The van der Waals surface area contributed by atoms with Crippen LogP contribution in [0.2, 0.25) is 0 Å². The molecule has 11 heteroatoms. The summed E-state index contributed by atoms with van der Waals surface area (Å²) in [6.45, 7) is 6.85. The molecule has 0 bridgehead atoms. The summed E-state index contributed by atoms with van der Waals surface area (Å²) in [5.74, 6) is 1.81. The van der Waals surface area contributed by atoms with Gasteiger partial charge in [0.05, 0.1) is 0 Å². The quantitative estimate of drug-likeness (QED) is 0.651. The third kappa shape index (κ3) is 2.54. The molecule has 26 heavy (non-hydrogen) atoms. The minimum absolute atomic E-state index is 0.166. The maximum atomic E-state index is 12.9. The van der Waals surface area contributed by atoms with Crippen molar-refractivity contribution in [3.63, 3.8) is 0 Å². The molecule has 1 aliphatic heterocycles. The van der Waals surface area contributed by atoms with Gasteiger partial charge in [-0.2, -0.15) is 4.31 Å². The predicted molar refractivity (Wildman–Crippen MR) is 92.5 cm³/mol. The van der Waals surface area contributed by atoms with E-state index in [1.807, 2.05) is 22.4 Å². The molecule has 3 aromatic heterocycles. The number of hydrogen-bond acceptors (Lipinski definition) is 8. The predicted octanol–water partition coefficient (Wildman–Crippen LogP) is 0.548. The highest BCUT2D eigenvalue weighted by Gasteiger charge is 2.34. The van der Waals surface area contributed by atoms with E-state index in [1.54, 1.807) is 20.0 Å². The Hall–Kier alpha value is -2.53. The Morgan fingerprint density at radius 2 is 1.81 bits per heavy atom. The van der Waals surface area contributed by atoms with E-state index < -0.39 is 10.0 Å². The number of sulfonamides is 1. The molecule has 10 nitrogen and oxygen atoms in total. The van der Waals surface area contributed by atoms with Gasteiger partial charge in [0.1, 0.15) is 16.4 Å². The monoisotopic (exact) mass is 377 g/mol. The molecule has 138 valence electrons. The van der Waals surface area contributed by atoms with E-state index in [4.69, 9.17) is 4.52 Å². The third-order valence-corrected chi connectivity index (χ3v) is 6.73. The average molecular weight is 377 g/mol. The van der Waals surface area contributed by atoms with Crippen LogP contribution >= 0.6 is 0 Å². The molecule has 4 rings (SSSR count). The number of rotatable bonds is 3. The Bertz CT molecular complexity index is 1040. The summed E-state index contributed by atoms with van der Waals surface area (Å²) in [4.78, 5) is 6.62. The highest BCUT2D eigenvalue weighted by atomic mass is 32.2. The number of nitrogens with zero attached hydrogens (tertiary/aromatic N) is 7. The minimum Gasteiger partial charge on any atom is -0.360 e. The summed E-state index contributed by atoms with van der Waals surface area (Å²) in [5.41, 5.74) is 1.06. The van der Waals surface area contributed by atoms with Gasteiger partial charge in [0.15, 0.2) is 11.6 Å². The van der Waals surface area contributed by atoms with Gasteiger partial charge in [-0.15, -0.1) is 10.2 Å². The van der Waals surface area contributed by atoms with Gasteiger partial charge < -0.3 is 9.42 Å². The summed E-state index contributed by atoms with van der Waals surface area (Å²) in [6, 6.07) is 0. The van der Waals surface area contributed by atoms with Crippen LogP contribution in [0.25, 0.3) is 5.65 Å². The molecule has 0 saturated carbocycles. The first-order valence-corrected chi connectivity index (χ1v) is 9.68. The highest BCUT2D eigenvalue weighted by molar-refractivity contribution is 7.89. The number of hydrogen-bond donors (Lipinski definition) is 0. The van der Waals surface area contributed by atoms with E-state index in [1.165, 1.54) is 4.31 Å². The van der Waals surface area contributed by atoms with Crippen molar-refractivity contribution in [2.75, 3.05) is 31.1 Å². The van der Waals surface area contributed by atoms with Crippen LogP contribution in [0.15, 0.2) is 21.8 Å². The first-order chi connectivity index (χ1) is 12.4. The zero-order valence-electron chi connectivity index (χ0n) is 14.7. The van der Waals surface area contributed by atoms with Crippen molar-refractivity contribution in [2.45, 2.75) is 25.7 Å². The van der Waals surface area contributed by atoms with Crippen LogP contribution in [-0.4, -0.2) is 63.6 Å². The Kier molecular flexibility index (Phi) is 3.92. The molecule has 0 unspecified atom stereocenters. The van der Waals surface area contributed by atoms with Crippen molar-refractivity contribution in [3.05, 3.63) is 29.7 Å². The number of aryl methyl sites for hydroxylation is 3. The van der Waals surface area contributed by atoms with Gasteiger partial charge in [-0.1, -0.05) is 5.16 Å². The van der Waals surface area contributed by atoms with Crippen LogP contribution in [0.4, 0.5) is 5.82 Å². The Morgan fingerprint density at radius 3 is 2.46 bits per heavy atom.